The molecule has 0 radical (unpaired) electrons. The standard InChI is InChI=1S/C15H20O3S/c1-11-5-7-13(8-6-11)19(17,18)14-10-12-4-2-3-9-15(12,14)16/h5-8,12,14,16H,2-4,9-10H2,1H3/t12-,14+,15+/m0/s1. The largest absolute Gasteiger partial charge is 0.388 e. The molecule has 1 aromatic rings. The van der Waals surface area contributed by atoms with Crippen molar-refractivity contribution in [3.05, 3.63) is 29.8 Å². The Balaban J connectivity index is 1.92. The maximum absolute atomic E-state index is 12.6. The third-order valence-corrected chi connectivity index (χ3v) is 7.15. The van der Waals surface area contributed by atoms with Crippen LogP contribution in [0.1, 0.15) is 37.7 Å². The van der Waals surface area contributed by atoms with E-state index < -0.39 is 20.7 Å². The van der Waals surface area contributed by atoms with Crippen molar-refractivity contribution >= 4 is 9.84 Å². The molecule has 2 fully saturated rings. The van der Waals surface area contributed by atoms with Crippen LogP contribution < -0.4 is 0 Å². The van der Waals surface area contributed by atoms with E-state index in [9.17, 15) is 13.5 Å². The molecule has 0 aromatic heterocycles. The lowest BCUT2D eigenvalue weighted by molar-refractivity contribution is -0.114. The summed E-state index contributed by atoms with van der Waals surface area (Å²) in [6.45, 7) is 1.93. The minimum Gasteiger partial charge on any atom is -0.388 e. The third kappa shape index (κ3) is 1.93. The van der Waals surface area contributed by atoms with Gasteiger partial charge in [0.15, 0.2) is 9.84 Å². The summed E-state index contributed by atoms with van der Waals surface area (Å²) in [7, 11) is -3.40. The van der Waals surface area contributed by atoms with E-state index in [4.69, 9.17) is 0 Å². The number of hydrogen-bond acceptors (Lipinski definition) is 3. The Bertz CT molecular complexity index is 576. The van der Waals surface area contributed by atoms with Crippen LogP contribution >= 0.6 is 0 Å². The zero-order valence-electron chi connectivity index (χ0n) is 11.2. The van der Waals surface area contributed by atoms with Crippen LogP contribution in [0.4, 0.5) is 0 Å². The van der Waals surface area contributed by atoms with E-state index in [2.05, 4.69) is 0 Å². The van der Waals surface area contributed by atoms with Gasteiger partial charge in [-0.05, 0) is 44.2 Å². The molecule has 19 heavy (non-hydrogen) atoms. The summed E-state index contributed by atoms with van der Waals surface area (Å²) in [5, 5.41) is 10.1. The molecule has 2 saturated carbocycles. The monoisotopic (exact) mass is 280 g/mol. The average molecular weight is 280 g/mol. The number of fused-ring (bicyclic) bond motifs is 1. The highest BCUT2D eigenvalue weighted by Crippen LogP contribution is 2.52. The van der Waals surface area contributed by atoms with Crippen LogP contribution in [0.5, 0.6) is 0 Å². The van der Waals surface area contributed by atoms with E-state index in [1.54, 1.807) is 12.1 Å². The Labute approximate surface area is 114 Å². The second kappa shape index (κ2) is 4.32. The first-order chi connectivity index (χ1) is 8.94. The number of sulfone groups is 1. The van der Waals surface area contributed by atoms with Gasteiger partial charge in [-0.3, -0.25) is 0 Å². The molecule has 2 aliphatic carbocycles. The zero-order valence-corrected chi connectivity index (χ0v) is 12.0. The fraction of sp³-hybridized carbons (Fsp3) is 0.600. The van der Waals surface area contributed by atoms with Crippen LogP contribution in [-0.4, -0.2) is 24.4 Å². The number of benzene rings is 1. The molecule has 2 aliphatic rings. The topological polar surface area (TPSA) is 54.4 Å². The Kier molecular flexibility index (Phi) is 2.98. The maximum atomic E-state index is 12.6. The van der Waals surface area contributed by atoms with Crippen molar-refractivity contribution in [3.63, 3.8) is 0 Å². The van der Waals surface area contributed by atoms with Crippen molar-refractivity contribution in [3.8, 4) is 0 Å². The molecular formula is C15H20O3S. The second-order valence-corrected chi connectivity index (χ2v) is 8.15. The van der Waals surface area contributed by atoms with E-state index in [0.717, 1.165) is 24.8 Å². The van der Waals surface area contributed by atoms with Gasteiger partial charge in [-0.1, -0.05) is 30.5 Å². The summed E-state index contributed by atoms with van der Waals surface area (Å²) in [5.41, 5.74) is 0.0731. The van der Waals surface area contributed by atoms with Crippen molar-refractivity contribution in [1.29, 1.82) is 0 Å². The summed E-state index contributed by atoms with van der Waals surface area (Å²) < 4.78 is 25.3. The Morgan fingerprint density at radius 3 is 2.53 bits per heavy atom. The van der Waals surface area contributed by atoms with Gasteiger partial charge in [0.1, 0.15) is 0 Å². The van der Waals surface area contributed by atoms with Gasteiger partial charge < -0.3 is 5.11 Å². The lowest BCUT2D eigenvalue weighted by atomic mass is 9.61. The van der Waals surface area contributed by atoms with Crippen LogP contribution in [0.2, 0.25) is 0 Å². The maximum Gasteiger partial charge on any atom is 0.184 e. The van der Waals surface area contributed by atoms with Gasteiger partial charge in [-0.15, -0.1) is 0 Å². The molecule has 1 aromatic carbocycles. The van der Waals surface area contributed by atoms with Gasteiger partial charge >= 0.3 is 0 Å². The molecule has 0 aliphatic heterocycles. The molecular weight excluding hydrogens is 260 g/mol. The molecule has 0 heterocycles. The van der Waals surface area contributed by atoms with Gasteiger partial charge in [0.2, 0.25) is 0 Å². The number of aryl methyl sites for hydroxylation is 1. The average Bonchev–Trinajstić information content (AvgIpc) is 2.35. The van der Waals surface area contributed by atoms with E-state index in [1.165, 1.54) is 0 Å². The molecule has 0 saturated heterocycles. The zero-order chi connectivity index (χ0) is 13.7. The number of aliphatic hydroxyl groups is 1. The van der Waals surface area contributed by atoms with Gasteiger partial charge in [0.05, 0.1) is 15.7 Å². The van der Waals surface area contributed by atoms with E-state index >= 15 is 0 Å². The quantitative estimate of drug-likeness (QED) is 0.905. The highest BCUT2D eigenvalue weighted by atomic mass is 32.2. The second-order valence-electron chi connectivity index (χ2n) is 6.02. The van der Waals surface area contributed by atoms with Gasteiger partial charge in [0.25, 0.3) is 0 Å². The molecule has 4 heteroatoms. The van der Waals surface area contributed by atoms with Crippen molar-refractivity contribution in [1.82, 2.24) is 0 Å². The van der Waals surface area contributed by atoms with Crippen molar-refractivity contribution in [2.24, 2.45) is 5.92 Å². The number of rotatable bonds is 2. The minimum absolute atomic E-state index is 0.187. The summed E-state index contributed by atoms with van der Waals surface area (Å²) >= 11 is 0. The van der Waals surface area contributed by atoms with Crippen molar-refractivity contribution < 1.29 is 13.5 Å². The van der Waals surface area contributed by atoms with E-state index in [1.807, 2.05) is 19.1 Å². The Morgan fingerprint density at radius 2 is 1.89 bits per heavy atom. The van der Waals surface area contributed by atoms with Gasteiger partial charge in [0, 0.05) is 0 Å². The molecule has 0 amide bonds. The number of hydrogen-bond donors (Lipinski definition) is 1. The lowest BCUT2D eigenvalue weighted by Crippen LogP contribution is -2.63. The summed E-state index contributed by atoms with van der Waals surface area (Å²) in [6, 6.07) is 6.94. The fourth-order valence-electron chi connectivity index (χ4n) is 3.59. The molecule has 3 rings (SSSR count). The first-order valence-electron chi connectivity index (χ1n) is 6.97. The fourth-order valence-corrected chi connectivity index (χ4v) is 5.77. The van der Waals surface area contributed by atoms with Crippen molar-refractivity contribution in [2.45, 2.75) is 54.8 Å². The third-order valence-electron chi connectivity index (χ3n) is 4.87. The smallest absolute Gasteiger partial charge is 0.184 e. The van der Waals surface area contributed by atoms with Crippen LogP contribution in [-0.2, 0) is 9.84 Å². The molecule has 104 valence electrons. The first-order valence-corrected chi connectivity index (χ1v) is 8.52. The van der Waals surface area contributed by atoms with Gasteiger partial charge in [-0.2, -0.15) is 0 Å². The van der Waals surface area contributed by atoms with E-state index in [0.29, 0.717) is 17.7 Å². The Morgan fingerprint density at radius 1 is 1.21 bits per heavy atom. The molecule has 3 nitrogen and oxygen atoms in total. The highest BCUT2D eigenvalue weighted by molar-refractivity contribution is 7.92. The van der Waals surface area contributed by atoms with Gasteiger partial charge in [-0.25, -0.2) is 8.42 Å². The highest BCUT2D eigenvalue weighted by Gasteiger charge is 2.60. The van der Waals surface area contributed by atoms with Crippen LogP contribution in [0.15, 0.2) is 29.2 Å². The molecule has 0 spiro atoms. The lowest BCUT2D eigenvalue weighted by Gasteiger charge is -2.54. The first kappa shape index (κ1) is 13.1. The predicted molar refractivity (Wildman–Crippen MR) is 73.7 cm³/mol. The normalized spacial score (nSPS) is 34.4. The molecule has 0 unspecified atom stereocenters. The predicted octanol–water partition coefficient (Wildman–Crippen LogP) is 2.46. The Hall–Kier alpha value is -0.870. The van der Waals surface area contributed by atoms with E-state index in [-0.39, 0.29) is 5.92 Å². The van der Waals surface area contributed by atoms with Crippen molar-refractivity contribution in [2.75, 3.05) is 0 Å². The molecule has 3 atom stereocenters. The summed E-state index contributed by atoms with van der Waals surface area (Å²) in [4.78, 5) is 0.348. The summed E-state index contributed by atoms with van der Waals surface area (Å²) in [6.07, 6.45) is 4.27. The molecule has 1 N–H and O–H groups in total. The summed E-state index contributed by atoms with van der Waals surface area (Å²) in [5.74, 6) is 0.187. The van der Waals surface area contributed by atoms with Crippen LogP contribution in [0.25, 0.3) is 0 Å². The minimum atomic E-state index is -3.40. The molecule has 0 bridgehead atoms. The SMILES string of the molecule is Cc1ccc(S(=O)(=O)[C@@H]2C[C@@H]3CCCC[C@@]32O)cc1. The van der Waals surface area contributed by atoms with Crippen LogP contribution in [0, 0.1) is 12.8 Å². The van der Waals surface area contributed by atoms with Crippen LogP contribution in [0.3, 0.4) is 0 Å².